The van der Waals surface area contributed by atoms with Gasteiger partial charge in [-0.1, -0.05) is 105 Å². The van der Waals surface area contributed by atoms with Crippen LogP contribution < -0.4 is 61.8 Å². The third-order valence-corrected chi connectivity index (χ3v) is 26.9. The summed E-state index contributed by atoms with van der Waals surface area (Å²) in [5.41, 5.74) is 30.9. The number of aromatic carboxylic acids is 1. The number of imidazole rings is 2. The van der Waals surface area contributed by atoms with Crippen molar-refractivity contribution < 1.29 is 38.4 Å². The molecule has 1 atom stereocenters. The van der Waals surface area contributed by atoms with Gasteiger partial charge in [-0.05, 0) is 167 Å². The molecule has 4 aliphatic rings. The van der Waals surface area contributed by atoms with Crippen molar-refractivity contribution in [3.05, 3.63) is 259 Å². The maximum Gasteiger partial charge on any atom is 0.251 e. The fourth-order valence-corrected chi connectivity index (χ4v) is 20.1. The maximum atomic E-state index is 13.7. The number of nitrogens with one attached hydrogen (secondary N) is 5. The minimum atomic E-state index is -2.27. The summed E-state index contributed by atoms with van der Waals surface area (Å²) in [5, 5.41) is 24.1. The molecule has 0 radical (unpaired) electrons. The van der Waals surface area contributed by atoms with Crippen LogP contribution >= 0.6 is 0 Å². The Hall–Kier alpha value is -11.9. The number of rotatable bonds is 18. The lowest BCUT2D eigenvalue weighted by Crippen LogP contribution is -3.09. The number of nitrogen functional groups attached to an aromatic ring is 2. The average Bonchev–Trinajstić information content (AvgIpc) is 1.04. The van der Waals surface area contributed by atoms with Gasteiger partial charge < -0.3 is 66.1 Å². The molecule has 10 aromatic rings. The second kappa shape index (κ2) is 28.5. The van der Waals surface area contributed by atoms with Gasteiger partial charge in [-0.3, -0.25) is 9.59 Å². The zero-order valence-electron chi connectivity index (χ0n) is 60.7. The Labute approximate surface area is 606 Å². The SMILES string of the molecule is CN(C)c1ccc2c(c1)[Si](C)(C)C1=CC(=[N+](C)C)C=CC1=C2c1cc(C(=O)NCc2ccc(COc3nc(N)nc4nc[nH]c34)cc2)ccc1C(=O)[O-].Cc1ccc(C(=O)NCc2ccc(COc3nc(N)nc4nc[nH]c34)cc2)cc1C1=C2C=CC([NH+](C)C)C=C2[Si](C)(C)c2cc(N(C)C)ccc21. The van der Waals surface area contributed by atoms with E-state index in [4.69, 9.17) is 20.9 Å². The van der Waals surface area contributed by atoms with Gasteiger partial charge in [0.25, 0.3) is 11.8 Å². The van der Waals surface area contributed by atoms with Crippen molar-refractivity contribution in [3.8, 4) is 11.8 Å². The Kier molecular flexibility index (Phi) is 19.3. The highest BCUT2D eigenvalue weighted by Crippen LogP contribution is 2.45. The molecule has 0 spiro atoms. The first-order chi connectivity index (χ1) is 49.7. The third-order valence-electron chi connectivity index (χ3n) is 19.9. The van der Waals surface area contributed by atoms with E-state index in [0.29, 0.717) is 70.0 Å². The summed E-state index contributed by atoms with van der Waals surface area (Å²) in [7, 11) is 12.4. The summed E-state index contributed by atoms with van der Waals surface area (Å²) < 4.78 is 13.9. The van der Waals surface area contributed by atoms with Gasteiger partial charge in [0.05, 0.1) is 32.7 Å². The van der Waals surface area contributed by atoms with E-state index in [9.17, 15) is 19.5 Å². The molecule has 9 N–H and O–H groups in total. The number of likely N-dealkylation sites (N-methyl/N-ethyl adjacent to an activating group) is 1. The fraction of sp³-hybridized carbons (Fsp3) is 0.225. The molecule has 528 valence electrons. The van der Waals surface area contributed by atoms with Crippen molar-refractivity contribution in [3.63, 3.8) is 0 Å². The highest BCUT2D eigenvalue weighted by atomic mass is 28.3. The number of carboxylic acid groups (broad SMARTS) is 1. The topological polar surface area (TPSA) is 292 Å². The molecule has 2 amide bonds. The summed E-state index contributed by atoms with van der Waals surface area (Å²) >= 11 is 0. The Morgan fingerprint density at radius 2 is 1.06 bits per heavy atom. The van der Waals surface area contributed by atoms with Crippen LogP contribution in [0.4, 0.5) is 23.3 Å². The Bertz CT molecular complexity index is 5340. The second-order valence-electron chi connectivity index (χ2n) is 28.5. The molecule has 2 aliphatic heterocycles. The lowest BCUT2D eigenvalue weighted by molar-refractivity contribution is -0.871. The van der Waals surface area contributed by atoms with E-state index in [2.05, 4.69) is 211 Å². The van der Waals surface area contributed by atoms with Gasteiger partial charge in [0.2, 0.25) is 23.7 Å². The number of allylic oxidation sites excluding steroid dienone is 8. The number of hydrogen-bond acceptors (Lipinski definition) is 16. The minimum absolute atomic E-state index is 0.0268. The number of hydrogen-bond donors (Lipinski definition) is 7. The maximum absolute atomic E-state index is 13.7. The lowest BCUT2D eigenvalue weighted by atomic mass is 9.86. The molecular weight excluding hydrogens is 1340 g/mol. The highest BCUT2D eigenvalue weighted by Gasteiger charge is 2.43. The van der Waals surface area contributed by atoms with Crippen LogP contribution in [0.3, 0.4) is 0 Å². The number of fused-ring (bicyclic) bond motifs is 6. The largest absolute Gasteiger partial charge is 0.545 e. The molecule has 4 aromatic heterocycles. The van der Waals surface area contributed by atoms with Gasteiger partial charge in [0.1, 0.15) is 60.5 Å². The van der Waals surface area contributed by atoms with E-state index in [1.54, 1.807) is 6.07 Å². The molecule has 6 aromatic carbocycles. The quantitative estimate of drug-likeness (QED) is 0.0324. The van der Waals surface area contributed by atoms with E-state index in [-0.39, 0.29) is 42.4 Å². The van der Waals surface area contributed by atoms with Gasteiger partial charge in [0, 0.05) is 81.5 Å². The van der Waals surface area contributed by atoms with Gasteiger partial charge in [-0.15, -0.1) is 0 Å². The van der Waals surface area contributed by atoms with Crippen LogP contribution in [0.1, 0.15) is 81.1 Å². The third kappa shape index (κ3) is 14.0. The van der Waals surface area contributed by atoms with Gasteiger partial charge in [-0.25, -0.2) is 14.5 Å². The molecule has 0 saturated heterocycles. The Morgan fingerprint density at radius 3 is 1.55 bits per heavy atom. The number of quaternary nitrogens is 1. The monoisotopic (exact) mass is 1420 g/mol. The van der Waals surface area contributed by atoms with Crippen LogP contribution in [0.15, 0.2) is 192 Å². The minimum Gasteiger partial charge on any atom is -0.545 e. The van der Waals surface area contributed by atoms with Crippen molar-refractivity contribution in [2.75, 3.05) is 77.6 Å². The molecule has 1 unspecified atom stereocenters. The molecule has 2 aliphatic carbocycles. The van der Waals surface area contributed by atoms with Gasteiger partial charge in [0.15, 0.2) is 17.0 Å². The average molecular weight is 1420 g/mol. The highest BCUT2D eigenvalue weighted by molar-refractivity contribution is 6.98. The van der Waals surface area contributed by atoms with E-state index < -0.39 is 22.1 Å². The van der Waals surface area contributed by atoms with Crippen LogP contribution in [0.5, 0.6) is 11.8 Å². The summed E-state index contributed by atoms with van der Waals surface area (Å²) in [5.74, 6) is -0.904. The van der Waals surface area contributed by atoms with Gasteiger partial charge in [-0.2, -0.15) is 19.9 Å². The number of H-pyrrole nitrogens is 2. The number of aryl methyl sites for hydroxylation is 1. The fourth-order valence-electron chi connectivity index (χ4n) is 13.9. The van der Waals surface area contributed by atoms with Crippen LogP contribution in [0.2, 0.25) is 26.2 Å². The lowest BCUT2D eigenvalue weighted by Gasteiger charge is -2.39. The Balaban J connectivity index is 0.000000185. The number of carbonyl (C=O) groups is 3. The van der Waals surface area contributed by atoms with Crippen LogP contribution in [-0.2, 0) is 26.3 Å². The molecular formula is C80H85N16O6Si2+. The standard InChI is InChI=1S/C40H40N8O4Si.C40H44N8O2Si/c1-47(2)26-12-15-29-32(18-26)53(5,6)33-19-27(48(3)4)13-16-30(33)34(29)31-17-25(11-14-28(31)39(50)51)37(49)42-20-23-7-9-24(10-8-23)21-52-38-35-36(44-22-43-35)45-40(41)46-38;1-24-8-13-27(38(49)42-21-25-9-11-26(12-10-25)22-50-39-36-37(44-23-43-36)45-40(41)46-39)18-32(24)35-30-16-14-28(47(2)3)19-33(30)51(6,7)34-20-29(48(4)5)15-17-31(34)35/h7-19,22H,20-21H2,1-6H3,(H4-,41,42,43,44,45,46,49,50,51);8-20,23,28H,21-22H2,1-7H3,(H,42,49)(H3,41,43,44,45,46)/p+1. The number of ether oxygens (including phenoxy) is 2. The number of amides is 2. The van der Waals surface area contributed by atoms with E-state index in [1.807, 2.05) is 82.8 Å². The normalized spacial score (nSPS) is 15.2. The number of aromatic amines is 2. The number of carbonyl (C=O) groups excluding carboxylic acids is 3. The molecule has 14 rings (SSSR count). The molecule has 0 fully saturated rings. The second-order valence-corrected chi connectivity index (χ2v) is 37.1. The number of benzene rings is 6. The van der Waals surface area contributed by atoms with Crippen molar-refractivity contribution in [2.24, 2.45) is 0 Å². The zero-order valence-corrected chi connectivity index (χ0v) is 62.7. The van der Waals surface area contributed by atoms with Crippen molar-refractivity contribution >= 4 is 107 Å². The summed E-state index contributed by atoms with van der Waals surface area (Å²) in [6.07, 6.45) is 16.6. The number of anilines is 4. The molecule has 0 bridgehead atoms. The predicted octanol–water partition coefficient (Wildman–Crippen LogP) is 7.45. The smallest absolute Gasteiger partial charge is 0.251 e. The van der Waals surface area contributed by atoms with E-state index in [1.165, 1.54) is 72.9 Å². The molecule has 22 nitrogen and oxygen atoms in total. The van der Waals surface area contributed by atoms with E-state index >= 15 is 0 Å². The number of carboxylic acids is 1. The Morgan fingerprint density at radius 1 is 0.587 bits per heavy atom. The molecule has 24 heteroatoms. The number of aromatic nitrogens is 8. The first kappa shape index (κ1) is 70.6. The zero-order chi connectivity index (χ0) is 73.6. The molecule has 6 heterocycles. The van der Waals surface area contributed by atoms with Crippen LogP contribution in [-0.4, -0.2) is 147 Å². The van der Waals surface area contributed by atoms with Crippen molar-refractivity contribution in [1.29, 1.82) is 0 Å². The number of nitrogens with two attached hydrogens (primary N) is 2. The first-order valence-electron chi connectivity index (χ1n) is 34.4. The molecule has 0 saturated carbocycles. The van der Waals surface area contributed by atoms with Crippen molar-refractivity contribution in [2.45, 2.75) is 65.5 Å². The predicted molar refractivity (Wildman–Crippen MR) is 414 cm³/mol. The van der Waals surface area contributed by atoms with Crippen LogP contribution in [0.25, 0.3) is 33.5 Å². The van der Waals surface area contributed by atoms with Crippen LogP contribution in [0, 0.1) is 6.92 Å². The summed E-state index contributed by atoms with van der Waals surface area (Å²) in [6, 6.07) is 39.9. The first-order valence-corrected chi connectivity index (χ1v) is 40.4. The number of nitrogens with zero attached hydrogens (tertiary/aromatic N) is 9. The van der Waals surface area contributed by atoms with Crippen molar-refractivity contribution in [1.82, 2.24) is 50.5 Å². The van der Waals surface area contributed by atoms with Gasteiger partial charge >= 0.3 is 0 Å². The molecule has 104 heavy (non-hydrogen) atoms. The summed E-state index contributed by atoms with van der Waals surface area (Å²) in [6.45, 7) is 12.9. The van der Waals surface area contributed by atoms with E-state index in [0.717, 1.165) is 61.5 Å². The summed E-state index contributed by atoms with van der Waals surface area (Å²) in [4.78, 5) is 76.4.